The highest BCUT2D eigenvalue weighted by atomic mass is 32.2. The van der Waals surface area contributed by atoms with Crippen LogP contribution in [0.25, 0.3) is 17.2 Å². The van der Waals surface area contributed by atoms with Crippen molar-refractivity contribution in [1.82, 2.24) is 10.2 Å². The molecule has 1 aliphatic rings. The first-order valence-corrected chi connectivity index (χ1v) is 12.5. The molecule has 0 aromatic heterocycles. The van der Waals surface area contributed by atoms with E-state index >= 15 is 0 Å². The minimum absolute atomic E-state index is 0.0985. The molecule has 2 N–H and O–H groups in total. The molecular formula is C25H29N3O4S. The van der Waals surface area contributed by atoms with Crippen LogP contribution >= 0.6 is 0 Å². The van der Waals surface area contributed by atoms with Crippen LogP contribution in [0.15, 0.2) is 57.9 Å². The van der Waals surface area contributed by atoms with E-state index in [9.17, 15) is 18.9 Å². The lowest BCUT2D eigenvalue weighted by Crippen LogP contribution is -2.36. The predicted octanol–water partition coefficient (Wildman–Crippen LogP) is 4.82. The maximum Gasteiger partial charge on any atom is 0.410 e. The average molecular weight is 468 g/mol. The van der Waals surface area contributed by atoms with Gasteiger partial charge in [-0.25, -0.2) is 9.79 Å². The maximum absolute atomic E-state index is 13.2. The normalized spacial score (nSPS) is 13.8. The first kappa shape index (κ1) is 24.4. The summed E-state index contributed by atoms with van der Waals surface area (Å²) in [5.41, 5.74) is 3.66. The number of aliphatic imine (C=N–C) groups is 1. The van der Waals surface area contributed by atoms with Crippen molar-refractivity contribution >= 4 is 40.4 Å². The van der Waals surface area contributed by atoms with Gasteiger partial charge >= 0.3 is 6.09 Å². The van der Waals surface area contributed by atoms with Gasteiger partial charge in [-0.1, -0.05) is 38.1 Å². The number of amides is 2. The Hall–Kier alpha value is -3.26. The second-order valence-electron chi connectivity index (χ2n) is 7.88. The third kappa shape index (κ3) is 6.16. The smallest absolute Gasteiger partial charge is 0.410 e. The lowest BCUT2D eigenvalue weighted by molar-refractivity contribution is -0.127. The molecule has 1 heterocycles. The number of nitrogens with one attached hydrogen (secondary N) is 1. The van der Waals surface area contributed by atoms with Gasteiger partial charge < -0.3 is 10.0 Å². The Morgan fingerprint density at radius 2 is 1.70 bits per heavy atom. The van der Waals surface area contributed by atoms with Gasteiger partial charge in [-0.3, -0.25) is 14.3 Å². The Morgan fingerprint density at radius 1 is 1.06 bits per heavy atom. The predicted molar refractivity (Wildman–Crippen MR) is 132 cm³/mol. The summed E-state index contributed by atoms with van der Waals surface area (Å²) in [5, 5.41) is 11.6. The zero-order valence-electron chi connectivity index (χ0n) is 19.1. The van der Waals surface area contributed by atoms with E-state index in [0.717, 1.165) is 34.4 Å². The van der Waals surface area contributed by atoms with Gasteiger partial charge in [0.15, 0.2) is 0 Å². The van der Waals surface area contributed by atoms with Gasteiger partial charge in [-0.05, 0) is 48.2 Å². The minimum atomic E-state index is -1.22. The van der Waals surface area contributed by atoms with E-state index in [0.29, 0.717) is 24.4 Å². The van der Waals surface area contributed by atoms with Gasteiger partial charge in [-0.15, -0.1) is 0 Å². The zero-order valence-corrected chi connectivity index (χ0v) is 19.9. The van der Waals surface area contributed by atoms with Crippen LogP contribution in [0.4, 0.5) is 10.5 Å². The number of hydrogen-bond acceptors (Lipinski definition) is 4. The molecule has 174 valence electrons. The SMILES string of the molecule is CCCN(CCC)C(=O)C1=Cc2ccc(-c3ccc(S(C)=O)cc3)cc2N=C(NC(=O)O)C1. The topological polar surface area (TPSA) is 99.1 Å². The molecule has 3 rings (SSSR count). The number of hydrogen-bond donors (Lipinski definition) is 2. The van der Waals surface area contributed by atoms with E-state index in [1.807, 2.05) is 67.3 Å². The third-order valence-corrected chi connectivity index (χ3v) is 6.23. The van der Waals surface area contributed by atoms with Crippen LogP contribution in [0.2, 0.25) is 0 Å². The summed E-state index contributed by atoms with van der Waals surface area (Å²) in [5.74, 6) is 0.112. The molecule has 2 aromatic carbocycles. The summed E-state index contributed by atoms with van der Waals surface area (Å²) >= 11 is 0. The van der Waals surface area contributed by atoms with E-state index in [1.165, 1.54) is 0 Å². The van der Waals surface area contributed by atoms with Gasteiger partial charge in [0.05, 0.1) is 5.69 Å². The van der Waals surface area contributed by atoms with Crippen LogP contribution in [-0.4, -0.2) is 51.4 Å². The van der Waals surface area contributed by atoms with Crippen LogP contribution in [0.3, 0.4) is 0 Å². The lowest BCUT2D eigenvalue weighted by atomic mass is 10.0. The molecule has 33 heavy (non-hydrogen) atoms. The molecule has 0 bridgehead atoms. The van der Waals surface area contributed by atoms with Crippen molar-refractivity contribution in [3.63, 3.8) is 0 Å². The second-order valence-corrected chi connectivity index (χ2v) is 9.26. The molecule has 2 aromatic rings. The number of carbonyl (C=O) groups is 2. The molecule has 0 saturated carbocycles. The molecular weight excluding hydrogens is 438 g/mol. The minimum Gasteiger partial charge on any atom is -0.465 e. The molecule has 2 amide bonds. The number of rotatable bonds is 7. The number of benzene rings is 2. The fourth-order valence-corrected chi connectivity index (χ4v) is 4.30. The van der Waals surface area contributed by atoms with E-state index < -0.39 is 16.9 Å². The Bertz CT molecular complexity index is 1120. The molecule has 0 saturated heterocycles. The average Bonchev–Trinajstić information content (AvgIpc) is 2.96. The molecule has 0 spiro atoms. The van der Waals surface area contributed by atoms with Gasteiger partial charge in [0.1, 0.15) is 5.84 Å². The summed E-state index contributed by atoms with van der Waals surface area (Å²) in [6.45, 7) is 5.34. The molecule has 0 radical (unpaired) electrons. The van der Waals surface area contributed by atoms with E-state index in [1.54, 1.807) is 6.26 Å². The van der Waals surface area contributed by atoms with E-state index in [2.05, 4.69) is 10.3 Å². The quantitative estimate of drug-likeness (QED) is 0.610. The standard InChI is InChI=1S/C25H29N3O4S/c1-4-12-28(13-5-2)24(29)20-14-19-7-6-18(17-8-10-21(11-9-17)33(3)32)15-22(19)26-23(16-20)27-25(30)31/h6-11,14-15H,4-5,12-13,16H2,1-3H3,(H,26,27)(H,30,31). The largest absolute Gasteiger partial charge is 0.465 e. The molecule has 1 unspecified atom stereocenters. The summed E-state index contributed by atoms with van der Waals surface area (Å²) in [4.78, 5) is 31.7. The number of carbonyl (C=O) groups excluding carboxylic acids is 1. The summed E-state index contributed by atoms with van der Waals surface area (Å²) in [6.07, 6.45) is 4.02. The van der Waals surface area contributed by atoms with Gasteiger partial charge in [0, 0.05) is 52.6 Å². The van der Waals surface area contributed by atoms with Crippen molar-refractivity contribution in [3.8, 4) is 11.1 Å². The van der Waals surface area contributed by atoms with Gasteiger partial charge in [-0.2, -0.15) is 0 Å². The van der Waals surface area contributed by atoms with Crippen LogP contribution in [0.1, 0.15) is 38.7 Å². The fourth-order valence-electron chi connectivity index (χ4n) is 3.78. The molecule has 1 atom stereocenters. The van der Waals surface area contributed by atoms with Crippen molar-refractivity contribution in [2.45, 2.75) is 38.0 Å². The number of carboxylic acid groups (broad SMARTS) is 1. The van der Waals surface area contributed by atoms with Crippen molar-refractivity contribution in [2.24, 2.45) is 4.99 Å². The van der Waals surface area contributed by atoms with Crippen LogP contribution < -0.4 is 5.32 Å². The number of amidine groups is 1. The molecule has 1 aliphatic heterocycles. The highest BCUT2D eigenvalue weighted by Gasteiger charge is 2.22. The highest BCUT2D eigenvalue weighted by molar-refractivity contribution is 7.84. The molecule has 0 aliphatic carbocycles. The Morgan fingerprint density at radius 3 is 2.27 bits per heavy atom. The van der Waals surface area contributed by atoms with Crippen LogP contribution in [0.5, 0.6) is 0 Å². The van der Waals surface area contributed by atoms with E-state index in [-0.39, 0.29) is 18.2 Å². The van der Waals surface area contributed by atoms with E-state index in [4.69, 9.17) is 0 Å². The van der Waals surface area contributed by atoms with Gasteiger partial charge in [0.25, 0.3) is 0 Å². The lowest BCUT2D eigenvalue weighted by Gasteiger charge is -2.23. The first-order valence-electron chi connectivity index (χ1n) is 11.0. The van der Waals surface area contributed by atoms with Crippen molar-refractivity contribution in [2.75, 3.05) is 19.3 Å². The maximum atomic E-state index is 13.2. The Kier molecular flexibility index (Phi) is 8.16. The summed E-state index contributed by atoms with van der Waals surface area (Å²) in [6, 6.07) is 13.1. The third-order valence-electron chi connectivity index (χ3n) is 5.29. The van der Waals surface area contributed by atoms with Crippen molar-refractivity contribution < 1.29 is 18.9 Å². The Balaban J connectivity index is 2.03. The first-order chi connectivity index (χ1) is 15.8. The fraction of sp³-hybridized carbons (Fsp3) is 0.320. The van der Waals surface area contributed by atoms with Crippen molar-refractivity contribution in [1.29, 1.82) is 0 Å². The second kappa shape index (κ2) is 11.0. The number of fused-ring (bicyclic) bond motifs is 1. The van der Waals surface area contributed by atoms with Crippen LogP contribution in [0, 0.1) is 0 Å². The molecule has 8 heteroatoms. The van der Waals surface area contributed by atoms with Crippen LogP contribution in [-0.2, 0) is 15.6 Å². The monoisotopic (exact) mass is 467 g/mol. The Labute approximate surface area is 196 Å². The summed E-state index contributed by atoms with van der Waals surface area (Å²) in [7, 11) is -1.05. The van der Waals surface area contributed by atoms with Gasteiger partial charge in [0.2, 0.25) is 5.91 Å². The highest BCUT2D eigenvalue weighted by Crippen LogP contribution is 2.32. The zero-order chi connectivity index (χ0) is 24.0. The molecule has 7 nitrogen and oxygen atoms in total. The summed E-state index contributed by atoms with van der Waals surface area (Å²) < 4.78 is 11.7. The number of nitrogens with zero attached hydrogens (tertiary/aromatic N) is 2. The molecule has 0 fully saturated rings. The van der Waals surface area contributed by atoms with Crippen molar-refractivity contribution in [3.05, 3.63) is 53.6 Å².